The van der Waals surface area contributed by atoms with Gasteiger partial charge in [0.15, 0.2) is 0 Å². The number of benzene rings is 1. The molecule has 0 aliphatic rings. The van der Waals surface area contributed by atoms with Gasteiger partial charge in [-0.3, -0.25) is 0 Å². The summed E-state index contributed by atoms with van der Waals surface area (Å²) in [6.07, 6.45) is 0. The molecule has 4 heteroatoms. The summed E-state index contributed by atoms with van der Waals surface area (Å²) in [6, 6.07) is 4.94. The Hall–Kier alpha value is -0.770. The second-order valence-corrected chi connectivity index (χ2v) is 3.71. The van der Waals surface area contributed by atoms with Crippen LogP contribution in [-0.2, 0) is 0 Å². The van der Waals surface area contributed by atoms with Crippen molar-refractivity contribution in [2.24, 2.45) is 11.5 Å². The van der Waals surface area contributed by atoms with Crippen LogP contribution in [0.1, 0.15) is 18.5 Å². The van der Waals surface area contributed by atoms with E-state index in [9.17, 15) is 0 Å². The molecule has 14 heavy (non-hydrogen) atoms. The Kier molecular flexibility index (Phi) is 3.75. The summed E-state index contributed by atoms with van der Waals surface area (Å²) in [5, 5.41) is 0.636. The van der Waals surface area contributed by atoms with Crippen LogP contribution in [0.4, 0.5) is 0 Å². The molecular formula is C10H15ClN2O. The summed E-state index contributed by atoms with van der Waals surface area (Å²) in [7, 11) is 1.60. The molecule has 0 aliphatic heterocycles. The quantitative estimate of drug-likeness (QED) is 0.805. The average molecular weight is 215 g/mol. The summed E-state index contributed by atoms with van der Waals surface area (Å²) in [5.41, 5.74) is 12.5. The first-order chi connectivity index (χ1) is 6.56. The Morgan fingerprint density at radius 2 is 2.00 bits per heavy atom. The standard InChI is InChI=1S/C10H15ClN2O/c1-6(12)10(13)8-5-7(11)3-4-9(8)14-2/h3-6,10H,12-13H2,1-2H3/t6-,10+/m0/s1. The van der Waals surface area contributed by atoms with E-state index in [-0.39, 0.29) is 12.1 Å². The Bertz CT molecular complexity index is 315. The highest BCUT2D eigenvalue weighted by atomic mass is 35.5. The number of hydrogen-bond acceptors (Lipinski definition) is 3. The van der Waals surface area contributed by atoms with Gasteiger partial charge >= 0.3 is 0 Å². The predicted octanol–water partition coefficient (Wildman–Crippen LogP) is 1.70. The van der Waals surface area contributed by atoms with Crippen LogP contribution >= 0.6 is 11.6 Å². The molecule has 0 fully saturated rings. The molecule has 0 unspecified atom stereocenters. The molecule has 0 spiro atoms. The van der Waals surface area contributed by atoms with Crippen LogP contribution in [0.15, 0.2) is 18.2 Å². The van der Waals surface area contributed by atoms with Gasteiger partial charge in [0.1, 0.15) is 5.75 Å². The first kappa shape index (κ1) is 11.3. The third-order valence-electron chi connectivity index (χ3n) is 2.12. The maximum Gasteiger partial charge on any atom is 0.123 e. The van der Waals surface area contributed by atoms with Crippen molar-refractivity contribution in [3.63, 3.8) is 0 Å². The van der Waals surface area contributed by atoms with Gasteiger partial charge in [0.25, 0.3) is 0 Å². The molecule has 0 aliphatic carbocycles. The maximum absolute atomic E-state index is 5.92. The molecule has 1 aromatic carbocycles. The van der Waals surface area contributed by atoms with Gasteiger partial charge in [0.2, 0.25) is 0 Å². The molecule has 0 heterocycles. The van der Waals surface area contributed by atoms with Crippen molar-refractivity contribution < 1.29 is 4.74 Å². The molecular weight excluding hydrogens is 200 g/mol. The van der Waals surface area contributed by atoms with E-state index >= 15 is 0 Å². The Labute approximate surface area is 89.0 Å². The van der Waals surface area contributed by atoms with Gasteiger partial charge < -0.3 is 16.2 Å². The number of hydrogen-bond donors (Lipinski definition) is 2. The van der Waals surface area contributed by atoms with E-state index in [2.05, 4.69) is 0 Å². The van der Waals surface area contributed by atoms with Crippen molar-refractivity contribution in [2.75, 3.05) is 7.11 Å². The van der Waals surface area contributed by atoms with E-state index in [1.54, 1.807) is 25.3 Å². The summed E-state index contributed by atoms with van der Waals surface area (Å²) in [6.45, 7) is 1.85. The number of nitrogens with two attached hydrogens (primary N) is 2. The van der Waals surface area contributed by atoms with Crippen LogP contribution in [0, 0.1) is 0 Å². The van der Waals surface area contributed by atoms with Crippen molar-refractivity contribution in [1.82, 2.24) is 0 Å². The monoisotopic (exact) mass is 214 g/mol. The molecule has 2 atom stereocenters. The summed E-state index contributed by atoms with van der Waals surface area (Å²) >= 11 is 5.87. The van der Waals surface area contributed by atoms with Gasteiger partial charge in [-0.25, -0.2) is 0 Å². The Morgan fingerprint density at radius 3 is 2.50 bits per heavy atom. The fraction of sp³-hybridized carbons (Fsp3) is 0.400. The smallest absolute Gasteiger partial charge is 0.123 e. The van der Waals surface area contributed by atoms with E-state index in [4.69, 9.17) is 27.8 Å². The van der Waals surface area contributed by atoms with Gasteiger partial charge in [-0.1, -0.05) is 11.6 Å². The molecule has 3 nitrogen and oxygen atoms in total. The zero-order valence-corrected chi connectivity index (χ0v) is 9.08. The van der Waals surface area contributed by atoms with Crippen molar-refractivity contribution in [1.29, 1.82) is 0 Å². The minimum absolute atomic E-state index is 0.137. The fourth-order valence-corrected chi connectivity index (χ4v) is 1.43. The van der Waals surface area contributed by atoms with Gasteiger partial charge in [0.05, 0.1) is 7.11 Å². The highest BCUT2D eigenvalue weighted by Gasteiger charge is 2.15. The lowest BCUT2D eigenvalue weighted by atomic mass is 10.0. The molecule has 78 valence electrons. The predicted molar refractivity (Wildman–Crippen MR) is 58.6 cm³/mol. The highest BCUT2D eigenvalue weighted by Crippen LogP contribution is 2.28. The van der Waals surface area contributed by atoms with Gasteiger partial charge in [-0.05, 0) is 25.1 Å². The zero-order chi connectivity index (χ0) is 10.7. The van der Waals surface area contributed by atoms with Crippen LogP contribution in [0.2, 0.25) is 5.02 Å². The second-order valence-electron chi connectivity index (χ2n) is 3.27. The number of methoxy groups -OCH3 is 1. The molecule has 4 N–H and O–H groups in total. The second kappa shape index (κ2) is 4.64. The van der Waals surface area contributed by atoms with Gasteiger partial charge in [0, 0.05) is 22.7 Å². The van der Waals surface area contributed by atoms with Crippen molar-refractivity contribution in [3.05, 3.63) is 28.8 Å². The molecule has 0 saturated heterocycles. The third kappa shape index (κ3) is 2.38. The topological polar surface area (TPSA) is 61.3 Å². The van der Waals surface area contributed by atoms with Crippen molar-refractivity contribution in [2.45, 2.75) is 19.0 Å². The van der Waals surface area contributed by atoms with Crippen LogP contribution in [-0.4, -0.2) is 13.2 Å². The van der Waals surface area contributed by atoms with Gasteiger partial charge in [-0.15, -0.1) is 0 Å². The SMILES string of the molecule is COc1ccc(Cl)cc1[C@H](N)[C@H](C)N. The molecule has 0 radical (unpaired) electrons. The summed E-state index contributed by atoms with van der Waals surface area (Å²) in [4.78, 5) is 0. The lowest BCUT2D eigenvalue weighted by Crippen LogP contribution is -2.31. The highest BCUT2D eigenvalue weighted by molar-refractivity contribution is 6.30. The molecule has 0 aromatic heterocycles. The van der Waals surface area contributed by atoms with Crippen LogP contribution in [0.3, 0.4) is 0 Å². The first-order valence-electron chi connectivity index (χ1n) is 4.41. The van der Waals surface area contributed by atoms with E-state index in [0.29, 0.717) is 5.02 Å². The number of ether oxygens (including phenoxy) is 1. The molecule has 0 amide bonds. The third-order valence-corrected chi connectivity index (χ3v) is 2.35. The molecule has 0 saturated carbocycles. The van der Waals surface area contributed by atoms with E-state index in [0.717, 1.165) is 11.3 Å². The lowest BCUT2D eigenvalue weighted by Gasteiger charge is -2.19. The lowest BCUT2D eigenvalue weighted by molar-refractivity contribution is 0.402. The fourth-order valence-electron chi connectivity index (χ4n) is 1.25. The van der Waals surface area contributed by atoms with Crippen LogP contribution in [0.25, 0.3) is 0 Å². The maximum atomic E-state index is 5.92. The first-order valence-corrected chi connectivity index (χ1v) is 4.78. The summed E-state index contributed by atoms with van der Waals surface area (Å²) in [5.74, 6) is 0.721. The van der Waals surface area contributed by atoms with Gasteiger partial charge in [-0.2, -0.15) is 0 Å². The van der Waals surface area contributed by atoms with Crippen molar-refractivity contribution in [3.8, 4) is 5.75 Å². The minimum Gasteiger partial charge on any atom is -0.496 e. The minimum atomic E-state index is -0.261. The Balaban J connectivity index is 3.10. The van der Waals surface area contributed by atoms with Crippen LogP contribution < -0.4 is 16.2 Å². The average Bonchev–Trinajstić information content (AvgIpc) is 2.16. The summed E-state index contributed by atoms with van der Waals surface area (Å²) < 4.78 is 5.18. The zero-order valence-electron chi connectivity index (χ0n) is 8.33. The van der Waals surface area contributed by atoms with Crippen molar-refractivity contribution >= 4 is 11.6 Å². The van der Waals surface area contributed by atoms with E-state index in [1.165, 1.54) is 0 Å². The normalized spacial score (nSPS) is 14.9. The van der Waals surface area contributed by atoms with E-state index < -0.39 is 0 Å². The molecule has 1 rings (SSSR count). The van der Waals surface area contributed by atoms with E-state index in [1.807, 2.05) is 6.92 Å². The largest absolute Gasteiger partial charge is 0.496 e. The number of rotatable bonds is 3. The Morgan fingerprint density at radius 1 is 1.36 bits per heavy atom. The molecule has 1 aromatic rings. The van der Waals surface area contributed by atoms with Crippen LogP contribution in [0.5, 0.6) is 5.75 Å². The molecule has 0 bridgehead atoms. The number of halogens is 1.